The van der Waals surface area contributed by atoms with Crippen LogP contribution < -0.4 is 14.8 Å². The van der Waals surface area contributed by atoms with Crippen molar-refractivity contribution in [1.82, 2.24) is 10.2 Å². The lowest BCUT2D eigenvalue weighted by Gasteiger charge is -2.32. The van der Waals surface area contributed by atoms with Gasteiger partial charge in [0, 0.05) is 25.7 Å². The highest BCUT2D eigenvalue weighted by molar-refractivity contribution is 9.10. The molecule has 3 rings (SSSR count). The van der Waals surface area contributed by atoms with Crippen LogP contribution in [-0.4, -0.2) is 44.2 Å². The molecule has 2 aromatic rings. The lowest BCUT2D eigenvalue weighted by molar-refractivity contribution is 0.0879. The Labute approximate surface area is 167 Å². The van der Waals surface area contributed by atoms with Gasteiger partial charge in [0.2, 0.25) is 0 Å². The van der Waals surface area contributed by atoms with Crippen LogP contribution in [0.2, 0.25) is 0 Å². The Morgan fingerprint density at radius 1 is 1.22 bits per heavy atom. The third-order valence-corrected chi connectivity index (χ3v) is 5.72. The fraction of sp³-hybridized carbons (Fsp3) is 0.450. The van der Waals surface area contributed by atoms with Gasteiger partial charge >= 0.3 is 0 Å². The summed E-state index contributed by atoms with van der Waals surface area (Å²) in [6.45, 7) is 4.49. The summed E-state index contributed by atoms with van der Waals surface area (Å²) >= 11 is 3.63. The first-order chi connectivity index (χ1) is 13.0. The number of hydrogen-bond donors (Lipinski definition) is 1. The first-order valence-electron chi connectivity index (χ1n) is 9.00. The second-order valence-corrected chi connectivity index (χ2v) is 7.50. The molecule has 7 heteroatoms. The topological polar surface area (TPSA) is 63.9 Å². The zero-order valence-electron chi connectivity index (χ0n) is 15.9. The fourth-order valence-electron chi connectivity index (χ4n) is 3.34. The number of benzene rings is 1. The molecule has 1 saturated heterocycles. The van der Waals surface area contributed by atoms with Crippen molar-refractivity contribution in [2.24, 2.45) is 0 Å². The van der Waals surface area contributed by atoms with Crippen molar-refractivity contribution in [2.75, 3.05) is 27.3 Å². The van der Waals surface area contributed by atoms with Gasteiger partial charge in [0.05, 0.1) is 18.7 Å². The molecular weight excluding hydrogens is 412 g/mol. The van der Waals surface area contributed by atoms with Gasteiger partial charge in [-0.3, -0.25) is 9.69 Å². The Morgan fingerprint density at radius 2 is 1.96 bits per heavy atom. The SMILES string of the molecule is COc1ccc(CN2CCC(NC(=O)c3ccc(C)o3)CC2)c(Br)c1OC. The Balaban J connectivity index is 1.55. The molecule has 0 atom stereocenters. The second-order valence-electron chi connectivity index (χ2n) is 6.71. The monoisotopic (exact) mass is 436 g/mol. The zero-order chi connectivity index (χ0) is 19.4. The van der Waals surface area contributed by atoms with Crippen molar-refractivity contribution in [3.8, 4) is 11.5 Å². The van der Waals surface area contributed by atoms with E-state index in [4.69, 9.17) is 13.9 Å². The molecule has 0 radical (unpaired) electrons. The molecule has 1 aromatic heterocycles. The molecule has 27 heavy (non-hydrogen) atoms. The van der Waals surface area contributed by atoms with Crippen molar-refractivity contribution >= 4 is 21.8 Å². The number of halogens is 1. The molecule has 1 aliphatic rings. The van der Waals surface area contributed by atoms with Gasteiger partial charge < -0.3 is 19.2 Å². The number of likely N-dealkylation sites (tertiary alicyclic amines) is 1. The van der Waals surface area contributed by atoms with Gasteiger partial charge in [-0.1, -0.05) is 6.07 Å². The van der Waals surface area contributed by atoms with Crippen LogP contribution in [0.25, 0.3) is 0 Å². The van der Waals surface area contributed by atoms with Gasteiger partial charge in [-0.15, -0.1) is 0 Å². The Bertz CT molecular complexity index is 797. The van der Waals surface area contributed by atoms with Crippen molar-refractivity contribution < 1.29 is 18.7 Å². The van der Waals surface area contributed by atoms with E-state index in [1.807, 2.05) is 13.0 Å². The summed E-state index contributed by atoms with van der Waals surface area (Å²) in [4.78, 5) is 14.6. The lowest BCUT2D eigenvalue weighted by atomic mass is 10.0. The van der Waals surface area contributed by atoms with E-state index in [1.165, 1.54) is 0 Å². The van der Waals surface area contributed by atoms with E-state index in [2.05, 4.69) is 32.2 Å². The number of furan rings is 1. The number of piperidine rings is 1. The predicted molar refractivity (Wildman–Crippen MR) is 106 cm³/mol. The molecule has 0 spiro atoms. The van der Waals surface area contributed by atoms with Crippen LogP contribution in [0.5, 0.6) is 11.5 Å². The average Bonchev–Trinajstić information content (AvgIpc) is 3.11. The van der Waals surface area contributed by atoms with Crippen LogP contribution >= 0.6 is 15.9 Å². The number of amides is 1. The van der Waals surface area contributed by atoms with Gasteiger partial charge in [-0.2, -0.15) is 0 Å². The van der Waals surface area contributed by atoms with Crippen molar-refractivity contribution in [3.05, 3.63) is 45.8 Å². The molecule has 0 saturated carbocycles. The number of nitrogens with zero attached hydrogens (tertiary/aromatic N) is 1. The summed E-state index contributed by atoms with van der Waals surface area (Å²) in [6, 6.07) is 7.68. The third kappa shape index (κ3) is 4.65. The largest absolute Gasteiger partial charge is 0.493 e. The molecule has 1 amide bonds. The fourth-order valence-corrected chi connectivity index (χ4v) is 3.96. The van der Waals surface area contributed by atoms with Crippen molar-refractivity contribution in [3.63, 3.8) is 0 Å². The minimum absolute atomic E-state index is 0.135. The van der Waals surface area contributed by atoms with Gasteiger partial charge in [0.25, 0.3) is 5.91 Å². The second kappa shape index (κ2) is 8.80. The summed E-state index contributed by atoms with van der Waals surface area (Å²) in [6.07, 6.45) is 1.83. The molecule has 0 unspecified atom stereocenters. The van der Waals surface area contributed by atoms with E-state index >= 15 is 0 Å². The van der Waals surface area contributed by atoms with E-state index in [9.17, 15) is 4.79 Å². The minimum atomic E-state index is -0.135. The van der Waals surface area contributed by atoms with Crippen molar-refractivity contribution in [2.45, 2.75) is 32.4 Å². The zero-order valence-corrected chi connectivity index (χ0v) is 17.5. The van der Waals surface area contributed by atoms with Crippen LogP contribution in [0.1, 0.15) is 34.7 Å². The molecule has 0 bridgehead atoms. The number of hydrogen-bond acceptors (Lipinski definition) is 5. The smallest absolute Gasteiger partial charge is 0.287 e. The summed E-state index contributed by atoms with van der Waals surface area (Å²) < 4.78 is 17.1. The number of rotatable bonds is 6. The number of methoxy groups -OCH3 is 2. The number of nitrogens with one attached hydrogen (secondary N) is 1. The summed E-state index contributed by atoms with van der Waals surface area (Å²) in [7, 11) is 3.27. The minimum Gasteiger partial charge on any atom is -0.493 e. The summed E-state index contributed by atoms with van der Waals surface area (Å²) in [5.74, 6) is 2.41. The first kappa shape index (κ1) is 19.8. The van der Waals surface area contributed by atoms with Crippen LogP contribution in [0.3, 0.4) is 0 Å². The molecule has 1 aliphatic heterocycles. The van der Waals surface area contributed by atoms with E-state index in [0.29, 0.717) is 17.3 Å². The highest BCUT2D eigenvalue weighted by atomic mass is 79.9. The summed E-state index contributed by atoms with van der Waals surface area (Å²) in [5, 5.41) is 3.07. The van der Waals surface area contributed by atoms with Crippen LogP contribution in [0.15, 0.2) is 33.2 Å². The molecule has 6 nitrogen and oxygen atoms in total. The van der Waals surface area contributed by atoms with Crippen LogP contribution in [0.4, 0.5) is 0 Å². The van der Waals surface area contributed by atoms with Crippen molar-refractivity contribution in [1.29, 1.82) is 0 Å². The van der Waals surface area contributed by atoms with Crippen LogP contribution in [-0.2, 0) is 6.54 Å². The lowest BCUT2D eigenvalue weighted by Crippen LogP contribution is -2.44. The number of carbonyl (C=O) groups excluding carboxylic acids is 1. The Hall–Kier alpha value is -1.99. The van der Waals surface area contributed by atoms with E-state index < -0.39 is 0 Å². The normalized spacial score (nSPS) is 15.6. The number of carbonyl (C=O) groups is 1. The third-order valence-electron chi connectivity index (χ3n) is 4.85. The summed E-state index contributed by atoms with van der Waals surface area (Å²) in [5.41, 5.74) is 1.15. The maximum Gasteiger partial charge on any atom is 0.287 e. The predicted octanol–water partition coefficient (Wildman–Crippen LogP) is 3.76. The van der Waals surface area contributed by atoms with Gasteiger partial charge in [-0.25, -0.2) is 0 Å². The van der Waals surface area contributed by atoms with Gasteiger partial charge in [-0.05, 0) is 59.5 Å². The molecule has 1 aromatic carbocycles. The van der Waals surface area contributed by atoms with Gasteiger partial charge in [0.15, 0.2) is 17.3 Å². The molecule has 1 fully saturated rings. The maximum atomic E-state index is 12.2. The quantitative estimate of drug-likeness (QED) is 0.746. The Kier molecular flexibility index (Phi) is 6.44. The standard InChI is InChI=1S/C20H25BrN2O4/c1-13-4-6-17(27-13)20(24)22-15-8-10-23(11-9-15)12-14-5-7-16(25-2)19(26-3)18(14)21/h4-7,15H,8-12H2,1-3H3,(H,22,24). The number of ether oxygens (including phenoxy) is 2. The molecule has 146 valence electrons. The maximum absolute atomic E-state index is 12.2. The molecule has 0 aliphatic carbocycles. The molecule has 2 heterocycles. The van der Waals surface area contributed by atoms with Gasteiger partial charge in [0.1, 0.15) is 5.76 Å². The van der Waals surface area contributed by atoms with E-state index in [0.717, 1.165) is 48.3 Å². The Morgan fingerprint density at radius 3 is 2.56 bits per heavy atom. The molecular formula is C20H25BrN2O4. The highest BCUT2D eigenvalue weighted by Crippen LogP contribution is 2.38. The van der Waals surface area contributed by atoms with E-state index in [1.54, 1.807) is 26.4 Å². The van der Waals surface area contributed by atoms with Crippen LogP contribution in [0, 0.1) is 6.92 Å². The average molecular weight is 437 g/mol. The molecule has 1 N–H and O–H groups in total. The highest BCUT2D eigenvalue weighted by Gasteiger charge is 2.23. The first-order valence-corrected chi connectivity index (χ1v) is 9.80. The number of aryl methyl sites for hydroxylation is 1. The van der Waals surface area contributed by atoms with E-state index in [-0.39, 0.29) is 11.9 Å².